The minimum atomic E-state index is -0.724. The molecule has 2 rings (SSSR count). The van der Waals surface area contributed by atoms with Gasteiger partial charge in [-0.15, -0.1) is 11.3 Å². The average Bonchev–Trinajstić information content (AvgIpc) is 2.92. The maximum absolute atomic E-state index is 11.0. The lowest BCUT2D eigenvalue weighted by Gasteiger charge is -2.25. The van der Waals surface area contributed by atoms with Crippen molar-refractivity contribution in [1.82, 2.24) is 4.90 Å². The van der Waals surface area contributed by atoms with Gasteiger partial charge in [0.1, 0.15) is 6.04 Å². The van der Waals surface area contributed by atoms with Gasteiger partial charge < -0.3 is 5.11 Å². The molecule has 0 aliphatic heterocycles. The van der Waals surface area contributed by atoms with E-state index >= 15 is 0 Å². The number of aliphatic carboxylic acids is 1. The molecule has 4 heteroatoms. The Morgan fingerprint density at radius 3 is 2.93 bits per heavy atom. The first-order valence-corrected chi connectivity index (χ1v) is 6.07. The van der Waals surface area contributed by atoms with E-state index < -0.39 is 5.97 Å². The normalized spacial score (nSPS) is 18.0. The minimum Gasteiger partial charge on any atom is -0.480 e. The van der Waals surface area contributed by atoms with Crippen molar-refractivity contribution in [2.45, 2.75) is 38.4 Å². The molecule has 0 amide bonds. The van der Waals surface area contributed by atoms with Gasteiger partial charge in [0.2, 0.25) is 0 Å². The maximum Gasteiger partial charge on any atom is 0.320 e. The molecule has 15 heavy (non-hydrogen) atoms. The number of carboxylic acid groups (broad SMARTS) is 1. The molecule has 1 unspecified atom stereocenters. The van der Waals surface area contributed by atoms with Gasteiger partial charge in [-0.05, 0) is 31.2 Å². The summed E-state index contributed by atoms with van der Waals surface area (Å²) >= 11 is 1.69. The topological polar surface area (TPSA) is 40.5 Å². The highest BCUT2D eigenvalue weighted by Gasteiger charge is 2.34. The van der Waals surface area contributed by atoms with E-state index in [4.69, 9.17) is 5.11 Å². The highest BCUT2D eigenvalue weighted by Crippen LogP contribution is 2.30. The van der Waals surface area contributed by atoms with E-state index in [1.807, 2.05) is 11.4 Å². The molecule has 1 saturated carbocycles. The molecule has 0 aromatic carbocycles. The predicted molar refractivity (Wildman–Crippen MR) is 60.0 cm³/mol. The smallest absolute Gasteiger partial charge is 0.320 e. The fraction of sp³-hybridized carbons (Fsp3) is 0.545. The monoisotopic (exact) mass is 225 g/mol. The standard InChI is InChI=1S/C11H15NO2S/c1-8(11(13)14)12(9-4-5-9)7-10-3-2-6-15-10/h2-3,6,8-9H,4-5,7H2,1H3,(H,13,14). The van der Waals surface area contributed by atoms with E-state index in [0.717, 1.165) is 19.4 Å². The van der Waals surface area contributed by atoms with Crippen LogP contribution >= 0.6 is 11.3 Å². The molecule has 0 saturated heterocycles. The average molecular weight is 225 g/mol. The molecular weight excluding hydrogens is 210 g/mol. The van der Waals surface area contributed by atoms with Gasteiger partial charge in [0, 0.05) is 17.5 Å². The molecule has 1 heterocycles. The molecule has 0 spiro atoms. The fourth-order valence-electron chi connectivity index (χ4n) is 1.71. The van der Waals surface area contributed by atoms with E-state index in [9.17, 15) is 4.79 Å². The molecule has 1 aliphatic carbocycles. The second kappa shape index (κ2) is 4.33. The number of hydrogen-bond donors (Lipinski definition) is 1. The third-order valence-electron chi connectivity index (χ3n) is 2.79. The number of rotatable bonds is 5. The molecule has 3 nitrogen and oxygen atoms in total. The highest BCUT2D eigenvalue weighted by atomic mass is 32.1. The van der Waals surface area contributed by atoms with Crippen molar-refractivity contribution < 1.29 is 9.90 Å². The van der Waals surface area contributed by atoms with Gasteiger partial charge in [-0.3, -0.25) is 9.69 Å². The summed E-state index contributed by atoms with van der Waals surface area (Å²) in [5.74, 6) is -0.724. The molecule has 1 N–H and O–H groups in total. The second-order valence-electron chi connectivity index (χ2n) is 4.00. The van der Waals surface area contributed by atoms with Crippen LogP contribution in [-0.2, 0) is 11.3 Å². The number of hydrogen-bond acceptors (Lipinski definition) is 3. The summed E-state index contributed by atoms with van der Waals surface area (Å²) in [7, 11) is 0. The second-order valence-corrected chi connectivity index (χ2v) is 5.03. The first kappa shape index (κ1) is 10.6. The Labute approximate surface area is 93.3 Å². The largest absolute Gasteiger partial charge is 0.480 e. The van der Waals surface area contributed by atoms with Crippen molar-refractivity contribution in [2.75, 3.05) is 0 Å². The number of nitrogens with zero attached hydrogens (tertiary/aromatic N) is 1. The van der Waals surface area contributed by atoms with Crippen molar-refractivity contribution in [2.24, 2.45) is 0 Å². The van der Waals surface area contributed by atoms with Crippen LogP contribution in [0.1, 0.15) is 24.6 Å². The Bertz CT molecular complexity index is 332. The molecule has 1 fully saturated rings. The lowest BCUT2D eigenvalue weighted by Crippen LogP contribution is -2.39. The van der Waals surface area contributed by atoms with E-state index in [1.54, 1.807) is 18.3 Å². The van der Waals surface area contributed by atoms with Crippen molar-refractivity contribution in [1.29, 1.82) is 0 Å². The quantitative estimate of drug-likeness (QED) is 0.835. The molecule has 1 aromatic heterocycles. The number of carbonyl (C=O) groups is 1. The summed E-state index contributed by atoms with van der Waals surface area (Å²) in [6, 6.07) is 4.18. The van der Waals surface area contributed by atoms with Crippen LogP contribution in [0, 0.1) is 0 Å². The van der Waals surface area contributed by atoms with Gasteiger partial charge in [-0.25, -0.2) is 0 Å². The summed E-state index contributed by atoms with van der Waals surface area (Å²) < 4.78 is 0. The van der Waals surface area contributed by atoms with E-state index in [-0.39, 0.29) is 6.04 Å². The third-order valence-corrected chi connectivity index (χ3v) is 3.65. The molecule has 1 aliphatic rings. The Morgan fingerprint density at radius 1 is 1.73 bits per heavy atom. The molecule has 0 bridgehead atoms. The van der Waals surface area contributed by atoms with Gasteiger partial charge in [-0.2, -0.15) is 0 Å². The van der Waals surface area contributed by atoms with Crippen LogP contribution in [0.3, 0.4) is 0 Å². The molecule has 1 aromatic rings. The Balaban J connectivity index is 2.03. The first-order valence-electron chi connectivity index (χ1n) is 5.19. The SMILES string of the molecule is CC(C(=O)O)N(Cc1cccs1)C1CC1. The van der Waals surface area contributed by atoms with Gasteiger partial charge in [-0.1, -0.05) is 6.07 Å². The fourth-order valence-corrected chi connectivity index (χ4v) is 2.43. The van der Waals surface area contributed by atoms with Crippen LogP contribution in [0.2, 0.25) is 0 Å². The van der Waals surface area contributed by atoms with E-state index in [0.29, 0.717) is 6.04 Å². The van der Waals surface area contributed by atoms with Crippen molar-refractivity contribution in [3.8, 4) is 0 Å². The van der Waals surface area contributed by atoms with Gasteiger partial charge in [0.05, 0.1) is 0 Å². The van der Waals surface area contributed by atoms with Crippen LogP contribution in [0.25, 0.3) is 0 Å². The predicted octanol–water partition coefficient (Wildman–Crippen LogP) is 2.19. The highest BCUT2D eigenvalue weighted by molar-refractivity contribution is 7.09. The van der Waals surface area contributed by atoms with Gasteiger partial charge >= 0.3 is 5.97 Å². The van der Waals surface area contributed by atoms with Crippen LogP contribution in [0.15, 0.2) is 17.5 Å². The van der Waals surface area contributed by atoms with Crippen LogP contribution in [0.5, 0.6) is 0 Å². The molecule has 82 valence electrons. The summed E-state index contributed by atoms with van der Waals surface area (Å²) in [6.07, 6.45) is 2.28. The zero-order valence-corrected chi connectivity index (χ0v) is 9.54. The molecule has 0 radical (unpaired) electrons. The van der Waals surface area contributed by atoms with Crippen LogP contribution in [0.4, 0.5) is 0 Å². The zero-order chi connectivity index (χ0) is 10.8. The van der Waals surface area contributed by atoms with Gasteiger partial charge in [0.25, 0.3) is 0 Å². The summed E-state index contributed by atoms with van der Waals surface area (Å²) in [4.78, 5) is 14.3. The number of carboxylic acids is 1. The maximum atomic E-state index is 11.0. The van der Waals surface area contributed by atoms with Crippen molar-refractivity contribution in [3.05, 3.63) is 22.4 Å². The summed E-state index contributed by atoms with van der Waals surface area (Å²) in [5, 5.41) is 11.1. The number of thiophene rings is 1. The van der Waals surface area contributed by atoms with E-state index in [1.165, 1.54) is 4.88 Å². The van der Waals surface area contributed by atoms with Crippen LogP contribution in [-0.4, -0.2) is 28.1 Å². The molecular formula is C11H15NO2S. The first-order chi connectivity index (χ1) is 7.18. The Hall–Kier alpha value is -0.870. The lowest BCUT2D eigenvalue weighted by atomic mass is 10.2. The molecule has 1 atom stereocenters. The summed E-state index contributed by atoms with van der Waals surface area (Å²) in [6.45, 7) is 2.55. The van der Waals surface area contributed by atoms with Crippen molar-refractivity contribution in [3.63, 3.8) is 0 Å². The summed E-state index contributed by atoms with van der Waals surface area (Å²) in [5.41, 5.74) is 0. The Morgan fingerprint density at radius 2 is 2.47 bits per heavy atom. The zero-order valence-electron chi connectivity index (χ0n) is 8.72. The third kappa shape index (κ3) is 2.58. The van der Waals surface area contributed by atoms with Crippen molar-refractivity contribution >= 4 is 17.3 Å². The van der Waals surface area contributed by atoms with E-state index in [2.05, 4.69) is 11.0 Å². The van der Waals surface area contributed by atoms with Gasteiger partial charge in [0.15, 0.2) is 0 Å². The lowest BCUT2D eigenvalue weighted by molar-refractivity contribution is -0.143. The Kier molecular flexibility index (Phi) is 3.07. The minimum absolute atomic E-state index is 0.375. The van der Waals surface area contributed by atoms with Crippen LogP contribution < -0.4 is 0 Å².